The number of ether oxygens (including phenoxy) is 5. The molecule has 14 heteroatoms. The van der Waals surface area contributed by atoms with Crippen LogP contribution in [0.15, 0.2) is 0 Å². The zero-order valence-corrected chi connectivity index (χ0v) is 23.5. The second kappa shape index (κ2) is 11.8. The molecule has 1 atom stereocenters. The van der Waals surface area contributed by atoms with Gasteiger partial charge in [0.1, 0.15) is 11.2 Å². The van der Waals surface area contributed by atoms with E-state index < -0.39 is 47.3 Å². The van der Waals surface area contributed by atoms with Crippen LogP contribution in [-0.4, -0.2) is 94.4 Å². The van der Waals surface area contributed by atoms with Crippen molar-refractivity contribution < 1.29 is 42.9 Å². The third-order valence-corrected chi connectivity index (χ3v) is 5.81. The number of nitrogens with one attached hydrogen (secondary N) is 1. The van der Waals surface area contributed by atoms with Gasteiger partial charge in [-0.15, -0.1) is 10.2 Å². The predicted molar refractivity (Wildman–Crippen MR) is 135 cm³/mol. The summed E-state index contributed by atoms with van der Waals surface area (Å²) in [6, 6.07) is 0. The molecule has 1 aromatic rings. The number of morpholine rings is 1. The van der Waals surface area contributed by atoms with Crippen molar-refractivity contribution in [2.45, 2.75) is 83.5 Å². The molecule has 1 aromatic heterocycles. The fourth-order valence-electron chi connectivity index (χ4n) is 4.16. The van der Waals surface area contributed by atoms with E-state index in [1.807, 2.05) is 0 Å². The van der Waals surface area contributed by atoms with Crippen molar-refractivity contribution >= 4 is 30.0 Å². The molecule has 2 aliphatic heterocycles. The van der Waals surface area contributed by atoms with Crippen molar-refractivity contribution in [3.63, 3.8) is 0 Å². The Morgan fingerprint density at radius 2 is 1.67 bits per heavy atom. The number of anilines is 1. The van der Waals surface area contributed by atoms with Crippen molar-refractivity contribution in [1.82, 2.24) is 20.1 Å². The van der Waals surface area contributed by atoms with E-state index in [4.69, 9.17) is 23.7 Å². The number of carbonyl (C=O) groups is 4. The number of methoxy groups -OCH3 is 1. The first-order valence-corrected chi connectivity index (χ1v) is 12.7. The van der Waals surface area contributed by atoms with Gasteiger partial charge >= 0.3 is 18.2 Å². The molecule has 1 N–H and O–H groups in total. The molecule has 3 rings (SSSR count). The fourth-order valence-corrected chi connectivity index (χ4v) is 4.16. The van der Waals surface area contributed by atoms with Crippen LogP contribution >= 0.6 is 0 Å². The van der Waals surface area contributed by atoms with Crippen molar-refractivity contribution in [1.29, 1.82) is 0 Å². The Hall–Kier alpha value is -3.39. The highest BCUT2D eigenvalue weighted by Gasteiger charge is 2.56. The second-order valence-electron chi connectivity index (χ2n) is 11.3. The minimum atomic E-state index is -2.22. The van der Waals surface area contributed by atoms with Crippen LogP contribution < -0.4 is 5.32 Å². The predicted octanol–water partition coefficient (Wildman–Crippen LogP) is 2.36. The number of hydrogen-bond donors (Lipinski definition) is 1. The van der Waals surface area contributed by atoms with Crippen LogP contribution in [0.5, 0.6) is 0 Å². The summed E-state index contributed by atoms with van der Waals surface area (Å²) >= 11 is 0. The number of nitrogens with zero attached hydrogens (tertiary/aromatic N) is 4. The molecule has 0 aliphatic carbocycles. The van der Waals surface area contributed by atoms with Crippen LogP contribution in [0.3, 0.4) is 0 Å². The van der Waals surface area contributed by atoms with E-state index >= 15 is 0 Å². The van der Waals surface area contributed by atoms with E-state index in [2.05, 4.69) is 20.5 Å². The van der Waals surface area contributed by atoms with Crippen LogP contribution in [0.1, 0.15) is 71.7 Å². The van der Waals surface area contributed by atoms with E-state index in [9.17, 15) is 19.2 Å². The summed E-state index contributed by atoms with van der Waals surface area (Å²) in [5.74, 6) is -2.21. The highest BCUT2D eigenvalue weighted by molar-refractivity contribution is 6.11. The number of carbonyl (C=O) groups excluding carboxylic acids is 4. The number of aromatic nitrogens is 3. The first-order chi connectivity index (χ1) is 18.1. The van der Waals surface area contributed by atoms with Crippen molar-refractivity contribution in [3.05, 3.63) is 11.4 Å². The first kappa shape index (κ1) is 30.2. The van der Waals surface area contributed by atoms with Crippen LogP contribution in [0, 0.1) is 0 Å². The molecule has 0 radical (unpaired) electrons. The number of hydrogen-bond acceptors (Lipinski definition) is 12. The Morgan fingerprint density at radius 3 is 2.26 bits per heavy atom. The van der Waals surface area contributed by atoms with Crippen molar-refractivity contribution in [2.24, 2.45) is 0 Å². The summed E-state index contributed by atoms with van der Waals surface area (Å²) in [4.78, 5) is 57.2. The van der Waals surface area contributed by atoms with Crippen molar-refractivity contribution in [3.8, 4) is 0 Å². The Kier molecular flexibility index (Phi) is 9.11. The maximum absolute atomic E-state index is 13.6. The van der Waals surface area contributed by atoms with Gasteiger partial charge in [0, 0.05) is 25.6 Å². The van der Waals surface area contributed by atoms with Gasteiger partial charge in [-0.25, -0.2) is 24.3 Å². The van der Waals surface area contributed by atoms with Gasteiger partial charge in [-0.1, -0.05) is 0 Å². The standard InChI is InChI=1S/C25H37N5O9/c1-23(2,3)38-21(33)27-20-26-17(15-8-11-36-12-9-15)16(28-29-20)14-25(19(32)35-7)18(31)30(10-13-37-25)22(34)39-24(4,5)6/h15H,8-14H2,1-7H3,(H,26,27,29,33). The largest absolute Gasteiger partial charge is 0.466 e. The van der Waals surface area contributed by atoms with E-state index in [1.165, 1.54) is 0 Å². The van der Waals surface area contributed by atoms with Gasteiger partial charge in [0.25, 0.3) is 11.9 Å². The molecule has 2 aliphatic rings. The molecule has 3 heterocycles. The number of imide groups is 1. The summed E-state index contributed by atoms with van der Waals surface area (Å²) in [5, 5.41) is 10.7. The van der Waals surface area contributed by atoms with E-state index in [1.54, 1.807) is 41.5 Å². The number of rotatable bonds is 5. The monoisotopic (exact) mass is 551 g/mol. The quantitative estimate of drug-likeness (QED) is 0.323. The lowest BCUT2D eigenvalue weighted by atomic mass is 9.88. The SMILES string of the molecule is COC(=O)C1(Cc2nnc(NC(=O)OC(C)(C)C)nc2C2CCOCC2)OCCN(C(=O)OC(C)(C)C)C1=O. The molecule has 39 heavy (non-hydrogen) atoms. The molecule has 216 valence electrons. The molecular weight excluding hydrogens is 514 g/mol. The molecule has 0 spiro atoms. The van der Waals surface area contributed by atoms with Gasteiger partial charge in [0.2, 0.25) is 5.60 Å². The average Bonchev–Trinajstić information content (AvgIpc) is 2.84. The second-order valence-corrected chi connectivity index (χ2v) is 11.3. The van der Waals surface area contributed by atoms with Gasteiger partial charge in [-0.3, -0.25) is 10.1 Å². The van der Waals surface area contributed by atoms with E-state index in [0.717, 1.165) is 12.0 Å². The van der Waals surface area contributed by atoms with Gasteiger partial charge in [-0.2, -0.15) is 0 Å². The Bertz CT molecular complexity index is 1090. The zero-order valence-electron chi connectivity index (χ0n) is 23.5. The Labute approximate surface area is 227 Å². The molecule has 3 amide bonds. The van der Waals surface area contributed by atoms with Gasteiger partial charge in [0.05, 0.1) is 31.6 Å². The highest BCUT2D eigenvalue weighted by atomic mass is 16.6. The summed E-state index contributed by atoms with van der Waals surface area (Å²) in [6.07, 6.45) is -0.907. The molecule has 2 saturated heterocycles. The molecule has 14 nitrogen and oxygen atoms in total. The average molecular weight is 552 g/mol. The molecule has 0 aromatic carbocycles. The number of esters is 1. The van der Waals surface area contributed by atoms with Gasteiger partial charge in [-0.05, 0) is 54.4 Å². The Balaban J connectivity index is 1.99. The fraction of sp³-hybridized carbons (Fsp3) is 0.720. The molecule has 1 unspecified atom stereocenters. The summed E-state index contributed by atoms with van der Waals surface area (Å²) in [5.41, 5.74) is -3.24. The normalized spacial score (nSPS) is 20.8. The van der Waals surface area contributed by atoms with Crippen molar-refractivity contribution in [2.75, 3.05) is 38.8 Å². The third-order valence-electron chi connectivity index (χ3n) is 5.81. The topological polar surface area (TPSA) is 168 Å². The van der Waals surface area contributed by atoms with Crippen LogP contribution in [0.2, 0.25) is 0 Å². The minimum absolute atomic E-state index is 0.104. The summed E-state index contributed by atoms with van der Waals surface area (Å²) in [7, 11) is 1.12. The van der Waals surface area contributed by atoms with Crippen LogP contribution in [0.4, 0.5) is 15.5 Å². The lowest BCUT2D eigenvalue weighted by Crippen LogP contribution is -2.64. The maximum Gasteiger partial charge on any atom is 0.417 e. The summed E-state index contributed by atoms with van der Waals surface area (Å²) < 4.78 is 26.8. The summed E-state index contributed by atoms with van der Waals surface area (Å²) in [6.45, 7) is 10.8. The van der Waals surface area contributed by atoms with E-state index in [-0.39, 0.29) is 30.7 Å². The maximum atomic E-state index is 13.6. The third kappa shape index (κ3) is 7.60. The van der Waals surface area contributed by atoms with E-state index in [0.29, 0.717) is 31.7 Å². The first-order valence-electron chi connectivity index (χ1n) is 12.7. The molecule has 0 saturated carbocycles. The molecule has 2 fully saturated rings. The molecule has 0 bridgehead atoms. The number of amides is 3. The Morgan fingerprint density at radius 1 is 1.03 bits per heavy atom. The minimum Gasteiger partial charge on any atom is -0.466 e. The lowest BCUT2D eigenvalue weighted by Gasteiger charge is -2.39. The van der Waals surface area contributed by atoms with Crippen LogP contribution in [-0.2, 0) is 39.7 Å². The van der Waals surface area contributed by atoms with Crippen LogP contribution in [0.25, 0.3) is 0 Å². The van der Waals surface area contributed by atoms with Gasteiger partial charge < -0.3 is 23.7 Å². The highest BCUT2D eigenvalue weighted by Crippen LogP contribution is 2.33. The lowest BCUT2D eigenvalue weighted by molar-refractivity contribution is -0.189. The zero-order chi connectivity index (χ0) is 29.0. The molecular formula is C25H37N5O9. The smallest absolute Gasteiger partial charge is 0.417 e. The van der Waals surface area contributed by atoms with Gasteiger partial charge in [0.15, 0.2) is 0 Å².